The third-order valence-corrected chi connectivity index (χ3v) is 0.743. The molecule has 0 spiro atoms. The van der Waals surface area contributed by atoms with Crippen LogP contribution in [0, 0.1) is 0 Å². The van der Waals surface area contributed by atoms with Gasteiger partial charge in [0, 0.05) is 0 Å². The minimum atomic E-state index is 0. The van der Waals surface area contributed by atoms with Crippen LogP contribution in [0.25, 0.3) is 0 Å². The number of hydrogen-bond acceptors (Lipinski definition) is 2. The molecule has 0 radical (unpaired) electrons. The van der Waals surface area contributed by atoms with Gasteiger partial charge in [0.15, 0.2) is 0 Å². The Bertz CT molecular complexity index is 143. The zero-order valence-electron chi connectivity index (χ0n) is 4.95. The fourth-order valence-corrected chi connectivity index (χ4v) is 0.420. The molecule has 0 fully saturated rings. The topological polar surface area (TPSA) is 23.1 Å². The van der Waals surface area contributed by atoms with Crippen LogP contribution < -0.4 is 5.11 Å². The molecule has 0 saturated heterocycles. The first kappa shape index (κ1) is 11.7. The van der Waals surface area contributed by atoms with Crippen molar-refractivity contribution in [2.45, 2.75) is 0 Å². The summed E-state index contributed by atoms with van der Waals surface area (Å²) in [6.07, 6.45) is 0. The fourth-order valence-electron chi connectivity index (χ4n) is 0.420. The minimum Gasteiger partial charge on any atom is -0.872 e. The van der Waals surface area contributed by atoms with E-state index in [9.17, 15) is 5.11 Å². The van der Waals surface area contributed by atoms with Gasteiger partial charge in [-0.05, 0) is 0 Å². The van der Waals surface area contributed by atoms with Crippen molar-refractivity contribution in [2.24, 2.45) is 0 Å². The molecule has 0 aliphatic rings. The summed E-state index contributed by atoms with van der Waals surface area (Å²) in [5, 5.41) is 10.3. The molecular weight excluding hydrogens is 186 g/mol. The zero-order valence-corrected chi connectivity index (χ0v) is 8.81. The molecule has 0 amide bonds. The van der Waals surface area contributed by atoms with Gasteiger partial charge in [-0.25, -0.2) is 0 Å². The van der Waals surface area contributed by atoms with Gasteiger partial charge in [-0.15, -0.1) is 5.75 Å². The SMILES string of the molecule is [O-]c1ccccc1.[SH-].[Zn+2]. The van der Waals surface area contributed by atoms with Crippen molar-refractivity contribution in [2.75, 3.05) is 0 Å². The Kier molecular flexibility index (Phi) is 7.99. The van der Waals surface area contributed by atoms with Gasteiger partial charge < -0.3 is 18.6 Å². The van der Waals surface area contributed by atoms with Gasteiger partial charge in [-0.1, -0.05) is 30.3 Å². The third-order valence-electron chi connectivity index (χ3n) is 0.743. The van der Waals surface area contributed by atoms with Gasteiger partial charge in [0.05, 0.1) is 0 Å². The Labute approximate surface area is 74.3 Å². The maximum Gasteiger partial charge on any atom is 2.00 e. The zero-order chi connectivity index (χ0) is 5.11. The van der Waals surface area contributed by atoms with Gasteiger partial charge in [-0.2, -0.15) is 0 Å². The van der Waals surface area contributed by atoms with E-state index in [1.54, 1.807) is 12.1 Å². The van der Waals surface area contributed by atoms with Crippen LogP contribution in [0.5, 0.6) is 5.75 Å². The number of thiol groups is 1. The van der Waals surface area contributed by atoms with E-state index >= 15 is 0 Å². The normalized spacial score (nSPS) is 6.67. The van der Waals surface area contributed by atoms with Crippen molar-refractivity contribution in [1.29, 1.82) is 0 Å². The first-order valence-electron chi connectivity index (χ1n) is 2.11. The molecular formula is C6H6OSZn. The second kappa shape index (κ2) is 6.12. The van der Waals surface area contributed by atoms with Crippen molar-refractivity contribution < 1.29 is 24.6 Å². The van der Waals surface area contributed by atoms with Crippen LogP contribution in [0.1, 0.15) is 0 Å². The first-order chi connectivity index (χ1) is 3.39. The smallest absolute Gasteiger partial charge is 0.872 e. The number of para-hydroxylation sites is 1. The molecule has 44 valence electrons. The second-order valence-electron chi connectivity index (χ2n) is 1.31. The molecule has 0 heterocycles. The monoisotopic (exact) mass is 190 g/mol. The van der Waals surface area contributed by atoms with Crippen LogP contribution in [0.15, 0.2) is 30.3 Å². The van der Waals surface area contributed by atoms with Crippen molar-refractivity contribution in [3.05, 3.63) is 30.3 Å². The number of benzene rings is 1. The summed E-state index contributed by atoms with van der Waals surface area (Å²) in [5.74, 6) is 0.0718. The van der Waals surface area contributed by atoms with Crippen LogP contribution in [0.2, 0.25) is 0 Å². The molecule has 0 bridgehead atoms. The first-order valence-corrected chi connectivity index (χ1v) is 2.11. The van der Waals surface area contributed by atoms with Crippen LogP contribution in [0.4, 0.5) is 0 Å². The van der Waals surface area contributed by atoms with E-state index in [1.807, 2.05) is 6.07 Å². The number of rotatable bonds is 0. The molecule has 0 aromatic heterocycles. The van der Waals surface area contributed by atoms with Crippen molar-refractivity contribution in [3.63, 3.8) is 0 Å². The van der Waals surface area contributed by atoms with E-state index < -0.39 is 0 Å². The summed E-state index contributed by atoms with van der Waals surface area (Å²) in [7, 11) is 0. The van der Waals surface area contributed by atoms with E-state index in [0.29, 0.717) is 0 Å². The summed E-state index contributed by atoms with van der Waals surface area (Å²) < 4.78 is 0. The number of hydrogen-bond donors (Lipinski definition) is 0. The van der Waals surface area contributed by atoms with Gasteiger partial charge in [0.25, 0.3) is 0 Å². The summed E-state index contributed by atoms with van der Waals surface area (Å²) in [6.45, 7) is 0. The quantitative estimate of drug-likeness (QED) is 0.338. The Balaban J connectivity index is 0. The van der Waals surface area contributed by atoms with Crippen LogP contribution in [-0.2, 0) is 33.0 Å². The van der Waals surface area contributed by atoms with Gasteiger partial charge in [0.1, 0.15) is 0 Å². The Hall–Kier alpha value is -0.00662. The van der Waals surface area contributed by atoms with E-state index in [2.05, 4.69) is 0 Å². The molecule has 1 aromatic rings. The molecule has 3 heteroatoms. The summed E-state index contributed by atoms with van der Waals surface area (Å²) in [5.41, 5.74) is 0. The van der Waals surface area contributed by atoms with E-state index in [0.717, 1.165) is 0 Å². The van der Waals surface area contributed by atoms with Gasteiger partial charge in [-0.3, -0.25) is 0 Å². The molecule has 0 saturated carbocycles. The van der Waals surface area contributed by atoms with Gasteiger partial charge >= 0.3 is 19.5 Å². The molecule has 9 heavy (non-hydrogen) atoms. The average Bonchev–Trinajstić information content (AvgIpc) is 1.69. The van der Waals surface area contributed by atoms with E-state index in [4.69, 9.17) is 0 Å². The maximum atomic E-state index is 10.3. The average molecular weight is 192 g/mol. The van der Waals surface area contributed by atoms with E-state index in [1.165, 1.54) is 12.1 Å². The van der Waals surface area contributed by atoms with Crippen molar-refractivity contribution in [1.82, 2.24) is 0 Å². The van der Waals surface area contributed by atoms with Crippen LogP contribution in [0.3, 0.4) is 0 Å². The van der Waals surface area contributed by atoms with Gasteiger partial charge in [0.2, 0.25) is 0 Å². The Morgan fingerprint density at radius 3 is 1.67 bits per heavy atom. The predicted molar refractivity (Wildman–Crippen MR) is 34.6 cm³/mol. The summed E-state index contributed by atoms with van der Waals surface area (Å²) in [4.78, 5) is 0. The minimum absolute atomic E-state index is 0. The molecule has 0 aliphatic heterocycles. The summed E-state index contributed by atoms with van der Waals surface area (Å²) >= 11 is 0. The Morgan fingerprint density at radius 1 is 1.00 bits per heavy atom. The molecule has 1 aromatic carbocycles. The largest absolute Gasteiger partial charge is 2.00 e. The molecule has 0 atom stereocenters. The Morgan fingerprint density at radius 2 is 1.44 bits per heavy atom. The molecule has 1 rings (SSSR count). The second-order valence-corrected chi connectivity index (χ2v) is 1.31. The molecule has 0 N–H and O–H groups in total. The van der Waals surface area contributed by atoms with E-state index in [-0.39, 0.29) is 38.7 Å². The van der Waals surface area contributed by atoms with Crippen molar-refractivity contribution >= 4 is 13.5 Å². The fraction of sp³-hybridized carbons (Fsp3) is 0. The van der Waals surface area contributed by atoms with Crippen LogP contribution >= 0.6 is 0 Å². The third kappa shape index (κ3) is 4.49. The predicted octanol–water partition coefficient (Wildman–Crippen LogP) is 0.488. The molecule has 1 nitrogen and oxygen atoms in total. The molecule has 0 unspecified atom stereocenters. The molecule has 0 aliphatic carbocycles. The van der Waals surface area contributed by atoms with Crippen LogP contribution in [-0.4, -0.2) is 0 Å². The van der Waals surface area contributed by atoms with Crippen molar-refractivity contribution in [3.8, 4) is 5.75 Å². The standard InChI is InChI=1S/C6H6O.H2S.Zn/c7-6-4-2-1-3-5-6;;/h1-5,7H;1H2;/q;;+2/p-2. The maximum absolute atomic E-state index is 10.3. The summed E-state index contributed by atoms with van der Waals surface area (Å²) in [6, 6.07) is 8.33.